The first kappa shape index (κ1) is 17.6. The lowest BCUT2D eigenvalue weighted by atomic mass is 10.3. The van der Waals surface area contributed by atoms with Crippen LogP contribution in [0, 0.1) is 6.92 Å². The highest BCUT2D eigenvalue weighted by molar-refractivity contribution is 9.10. The van der Waals surface area contributed by atoms with Crippen molar-refractivity contribution in [2.45, 2.75) is 11.8 Å². The van der Waals surface area contributed by atoms with Crippen LogP contribution >= 0.6 is 27.3 Å². The minimum absolute atomic E-state index is 0.0434. The first-order chi connectivity index (χ1) is 11.9. The second-order valence-electron chi connectivity index (χ2n) is 4.95. The molecule has 0 unspecified atom stereocenters. The number of nitrogens with one attached hydrogen (secondary N) is 2. The van der Waals surface area contributed by atoms with Crippen LogP contribution in [0.25, 0.3) is 0 Å². The molecule has 3 rings (SSSR count). The number of thiophene rings is 1. The number of benzene rings is 1. The fourth-order valence-corrected chi connectivity index (χ4v) is 4.68. The van der Waals surface area contributed by atoms with Crippen LogP contribution in [0.1, 0.15) is 15.4 Å². The number of hydrogen-bond donors (Lipinski definition) is 2. The summed E-state index contributed by atoms with van der Waals surface area (Å²) < 4.78 is 32.9. The predicted octanol–water partition coefficient (Wildman–Crippen LogP) is 3.86. The van der Waals surface area contributed by atoms with Gasteiger partial charge in [-0.3, -0.25) is 4.79 Å². The van der Waals surface area contributed by atoms with E-state index in [1.165, 1.54) is 11.4 Å². The van der Waals surface area contributed by atoms with Crippen molar-refractivity contribution in [3.8, 4) is 0 Å². The predicted molar refractivity (Wildman–Crippen MR) is 98.5 cm³/mol. The quantitative estimate of drug-likeness (QED) is 0.625. The van der Waals surface area contributed by atoms with E-state index < -0.39 is 15.9 Å². The molecule has 3 aromatic rings. The van der Waals surface area contributed by atoms with Gasteiger partial charge < -0.3 is 9.84 Å². The highest BCUT2D eigenvalue weighted by Gasteiger charge is 2.26. The van der Waals surface area contributed by atoms with Crippen molar-refractivity contribution in [1.82, 2.24) is 5.16 Å². The number of carbonyl (C=O) groups excluding carboxylic acids is 1. The van der Waals surface area contributed by atoms with Crippen LogP contribution in [0.4, 0.5) is 11.6 Å². The zero-order valence-electron chi connectivity index (χ0n) is 12.8. The van der Waals surface area contributed by atoms with Crippen LogP contribution in [0.2, 0.25) is 0 Å². The van der Waals surface area contributed by atoms with Crippen molar-refractivity contribution in [2.24, 2.45) is 0 Å². The van der Waals surface area contributed by atoms with Gasteiger partial charge in [0.2, 0.25) is 0 Å². The molecule has 0 aliphatic heterocycles. The van der Waals surface area contributed by atoms with Crippen molar-refractivity contribution in [3.05, 3.63) is 56.8 Å². The summed E-state index contributed by atoms with van der Waals surface area (Å²) in [4.78, 5) is 12.4. The number of anilines is 2. The van der Waals surface area contributed by atoms with Crippen LogP contribution in [0.5, 0.6) is 0 Å². The molecule has 0 radical (unpaired) electrons. The van der Waals surface area contributed by atoms with E-state index in [1.807, 2.05) is 6.07 Å². The lowest BCUT2D eigenvalue weighted by Gasteiger charge is -2.07. The topological polar surface area (TPSA) is 101 Å². The van der Waals surface area contributed by atoms with Crippen molar-refractivity contribution >= 4 is 54.8 Å². The van der Waals surface area contributed by atoms with Gasteiger partial charge in [-0.05, 0) is 46.4 Å². The lowest BCUT2D eigenvalue weighted by molar-refractivity contribution is 0.102. The van der Waals surface area contributed by atoms with Crippen LogP contribution in [0.3, 0.4) is 0 Å². The Morgan fingerprint density at radius 3 is 2.60 bits per heavy atom. The van der Waals surface area contributed by atoms with E-state index in [2.05, 4.69) is 31.1 Å². The number of sulfonamides is 1. The molecule has 10 heteroatoms. The molecule has 0 saturated heterocycles. The average Bonchev–Trinajstić information content (AvgIpc) is 3.19. The van der Waals surface area contributed by atoms with Crippen molar-refractivity contribution in [2.75, 3.05) is 10.0 Å². The summed E-state index contributed by atoms with van der Waals surface area (Å²) in [6.07, 6.45) is 0. The van der Waals surface area contributed by atoms with E-state index in [4.69, 9.17) is 4.52 Å². The molecule has 1 aromatic carbocycles. The number of rotatable bonds is 5. The van der Waals surface area contributed by atoms with E-state index in [9.17, 15) is 13.2 Å². The summed E-state index contributed by atoms with van der Waals surface area (Å²) in [5.74, 6) is -0.549. The maximum atomic E-state index is 12.6. The molecule has 0 fully saturated rings. The van der Waals surface area contributed by atoms with Crippen LogP contribution < -0.4 is 10.0 Å². The summed E-state index contributed by atoms with van der Waals surface area (Å²) in [6.45, 7) is 1.66. The number of amides is 1. The number of hydrogen-bond acceptors (Lipinski definition) is 6. The van der Waals surface area contributed by atoms with Gasteiger partial charge in [0.15, 0.2) is 0 Å². The number of aryl methyl sites for hydroxylation is 1. The maximum Gasteiger partial charge on any atom is 0.267 e. The molecule has 0 saturated carbocycles. The molecule has 25 heavy (non-hydrogen) atoms. The fraction of sp³-hybridized carbons (Fsp3) is 0.0667. The Hall–Kier alpha value is -2.17. The molecule has 2 aromatic heterocycles. The summed E-state index contributed by atoms with van der Waals surface area (Å²) in [6, 6.07) is 10.2. The molecule has 130 valence electrons. The normalized spacial score (nSPS) is 11.3. The summed E-state index contributed by atoms with van der Waals surface area (Å²) in [5, 5.41) is 7.88. The first-order valence-electron chi connectivity index (χ1n) is 6.97. The van der Waals surface area contributed by atoms with E-state index in [-0.39, 0.29) is 15.7 Å². The van der Waals surface area contributed by atoms with Gasteiger partial charge in [-0.25, -0.2) is 13.1 Å². The van der Waals surface area contributed by atoms with Crippen LogP contribution in [0.15, 0.2) is 55.7 Å². The van der Waals surface area contributed by atoms with Crippen LogP contribution in [-0.2, 0) is 10.0 Å². The molecule has 0 atom stereocenters. The molecule has 0 aliphatic rings. The minimum Gasteiger partial charge on any atom is -0.336 e. The Balaban J connectivity index is 1.87. The van der Waals surface area contributed by atoms with E-state index >= 15 is 0 Å². The summed E-state index contributed by atoms with van der Waals surface area (Å²) >= 11 is 4.23. The highest BCUT2D eigenvalue weighted by Crippen LogP contribution is 2.30. The largest absolute Gasteiger partial charge is 0.336 e. The smallest absolute Gasteiger partial charge is 0.267 e. The first-order valence-corrected chi connectivity index (χ1v) is 10.1. The monoisotopic (exact) mass is 441 g/mol. The van der Waals surface area contributed by atoms with Gasteiger partial charge in [-0.15, -0.1) is 11.3 Å². The number of halogens is 1. The zero-order valence-corrected chi connectivity index (χ0v) is 16.0. The number of nitrogens with zero attached hydrogens (tertiary/aromatic N) is 1. The van der Waals surface area contributed by atoms with Gasteiger partial charge in [0.25, 0.3) is 21.8 Å². The third-order valence-corrected chi connectivity index (χ3v) is 6.52. The molecule has 7 nitrogen and oxygen atoms in total. The molecule has 2 heterocycles. The molecular formula is C15H12BrN3O4S2. The third-order valence-electron chi connectivity index (χ3n) is 3.17. The number of aromatic nitrogens is 1. The molecule has 0 spiro atoms. The Labute approximate surface area is 156 Å². The van der Waals surface area contributed by atoms with E-state index in [0.717, 1.165) is 11.3 Å². The molecule has 2 N–H and O–H groups in total. The van der Waals surface area contributed by atoms with Crippen molar-refractivity contribution < 1.29 is 17.7 Å². The van der Waals surface area contributed by atoms with E-state index in [1.54, 1.807) is 31.2 Å². The average molecular weight is 442 g/mol. The third kappa shape index (κ3) is 3.75. The molecule has 0 bridgehead atoms. The molecular weight excluding hydrogens is 430 g/mol. The van der Waals surface area contributed by atoms with Gasteiger partial charge in [0.1, 0.15) is 14.2 Å². The molecule has 0 aliphatic carbocycles. The highest BCUT2D eigenvalue weighted by atomic mass is 79.9. The number of carbonyl (C=O) groups is 1. The van der Waals surface area contributed by atoms with E-state index in [0.29, 0.717) is 15.9 Å². The second kappa shape index (κ2) is 6.98. The molecule has 1 amide bonds. The summed E-state index contributed by atoms with van der Waals surface area (Å²) in [7, 11) is -4.01. The zero-order chi connectivity index (χ0) is 18.0. The number of para-hydroxylation sites is 1. The second-order valence-corrected chi connectivity index (χ2v) is 8.31. The van der Waals surface area contributed by atoms with Crippen LogP contribution in [-0.4, -0.2) is 19.5 Å². The minimum atomic E-state index is -4.01. The van der Waals surface area contributed by atoms with Gasteiger partial charge in [0.05, 0.1) is 5.69 Å². The Morgan fingerprint density at radius 2 is 1.96 bits per heavy atom. The standard InChI is InChI=1S/C15H12BrN3O4S2/c1-9-12(16)15(23-18-9)19-25(21,22)11-7-8-24-13(11)14(20)17-10-5-3-2-4-6-10/h2-8,19H,1H3,(H,17,20). The Bertz CT molecular complexity index is 1010. The Morgan fingerprint density at radius 1 is 1.24 bits per heavy atom. The lowest BCUT2D eigenvalue weighted by Crippen LogP contribution is -2.18. The van der Waals surface area contributed by atoms with Gasteiger partial charge in [0, 0.05) is 5.69 Å². The fourth-order valence-electron chi connectivity index (χ4n) is 1.98. The Kier molecular flexibility index (Phi) is 4.93. The SMILES string of the molecule is Cc1noc(NS(=O)(=O)c2ccsc2C(=O)Nc2ccccc2)c1Br. The van der Waals surface area contributed by atoms with Gasteiger partial charge >= 0.3 is 0 Å². The summed E-state index contributed by atoms with van der Waals surface area (Å²) in [5.41, 5.74) is 1.08. The van der Waals surface area contributed by atoms with Crippen molar-refractivity contribution in [1.29, 1.82) is 0 Å². The van der Waals surface area contributed by atoms with Gasteiger partial charge in [-0.2, -0.15) is 0 Å². The van der Waals surface area contributed by atoms with Gasteiger partial charge in [-0.1, -0.05) is 23.4 Å². The van der Waals surface area contributed by atoms with Crippen molar-refractivity contribution in [3.63, 3.8) is 0 Å². The maximum absolute atomic E-state index is 12.6.